The van der Waals surface area contributed by atoms with Crippen molar-refractivity contribution in [2.75, 3.05) is 13.0 Å². The van der Waals surface area contributed by atoms with Gasteiger partial charge in [-0.25, -0.2) is 0 Å². The molecule has 0 amide bonds. The van der Waals surface area contributed by atoms with Crippen LogP contribution in [0, 0.1) is 46.8 Å². The van der Waals surface area contributed by atoms with Gasteiger partial charge < -0.3 is 4.74 Å². The van der Waals surface area contributed by atoms with Crippen molar-refractivity contribution < 1.29 is 19.1 Å². The number of hydrogen-bond donors (Lipinski definition) is 0. The fraction of sp³-hybridized carbons (Fsp3) is 0.711. The Balaban J connectivity index is 0.000000285. The van der Waals surface area contributed by atoms with E-state index in [1.54, 1.807) is 0 Å². The minimum absolute atomic E-state index is 0.128. The third kappa shape index (κ3) is 9.42. The molecule has 7 unspecified atom stereocenters. The number of ketones is 2. The van der Waals surface area contributed by atoms with Crippen LogP contribution in [0.15, 0.2) is 48.1 Å². The van der Waals surface area contributed by atoms with Crippen LogP contribution in [0.2, 0.25) is 0 Å². The Morgan fingerprint density at radius 2 is 1.56 bits per heavy atom. The van der Waals surface area contributed by atoms with Gasteiger partial charge in [-0.1, -0.05) is 110 Å². The number of carbonyl (C=O) groups is 3. The Morgan fingerprint density at radius 1 is 0.920 bits per heavy atom. The number of fused-ring (bicyclic) bond motifs is 1. The highest BCUT2D eigenvalue weighted by Crippen LogP contribution is 2.80. The fourth-order valence-corrected chi connectivity index (χ4v) is 10.4. The first-order valence-electron chi connectivity index (χ1n) is 20.2. The zero-order chi connectivity index (χ0) is 37.5. The third-order valence-corrected chi connectivity index (χ3v) is 12.8. The summed E-state index contributed by atoms with van der Waals surface area (Å²) in [7, 11) is 1.42. The number of hydrogen-bond acceptors (Lipinski definition) is 4. The van der Waals surface area contributed by atoms with Crippen molar-refractivity contribution >= 4 is 29.1 Å². The molecular weight excluding hydrogens is 640 g/mol. The maximum Gasteiger partial charge on any atom is 0.305 e. The number of Topliss-reactive ketones (excluding diaryl/α,β-unsaturated/α-hetero) is 1. The molecule has 0 saturated heterocycles. The van der Waals surface area contributed by atoms with Gasteiger partial charge in [0.25, 0.3) is 0 Å². The number of unbranched alkanes of at least 4 members (excludes halogenated alkanes) is 1. The van der Waals surface area contributed by atoms with Gasteiger partial charge in [-0.3, -0.25) is 14.4 Å². The fourth-order valence-electron chi connectivity index (χ4n) is 10.4. The monoisotopic (exact) mass is 711 g/mol. The third-order valence-electron chi connectivity index (χ3n) is 12.4. The van der Waals surface area contributed by atoms with Crippen LogP contribution in [0.4, 0.5) is 0 Å². The van der Waals surface area contributed by atoms with E-state index in [0.717, 1.165) is 62.2 Å². The van der Waals surface area contributed by atoms with Gasteiger partial charge in [0.1, 0.15) is 5.78 Å². The van der Waals surface area contributed by atoms with Crippen LogP contribution in [-0.2, 0) is 25.5 Å². The van der Waals surface area contributed by atoms with Crippen molar-refractivity contribution in [3.8, 4) is 0 Å². The minimum atomic E-state index is -0.128. The molecule has 282 valence electrons. The maximum absolute atomic E-state index is 12.5. The SMILES string of the molecule is CC.CC.CC12CCC3=CC(=O)C=CC34CC(CC35CCC(=O)C3CCC15)C42.CCCC.CCCCl.COC(=O)CCCc1ccc(C)cc1. The number of ether oxygens (including phenoxy) is 1. The van der Waals surface area contributed by atoms with Crippen LogP contribution < -0.4 is 0 Å². The Bertz CT molecular complexity index is 1270. The average Bonchev–Trinajstić information content (AvgIpc) is 3.67. The Kier molecular flexibility index (Phi) is 18.2. The zero-order valence-electron chi connectivity index (χ0n) is 33.5. The normalized spacial score (nSPS) is 31.5. The van der Waals surface area contributed by atoms with E-state index < -0.39 is 0 Å². The molecule has 0 radical (unpaired) electrons. The van der Waals surface area contributed by atoms with Crippen LogP contribution in [0.5, 0.6) is 0 Å². The summed E-state index contributed by atoms with van der Waals surface area (Å²) in [4.78, 5) is 35.2. The van der Waals surface area contributed by atoms with Crippen LogP contribution >= 0.6 is 11.6 Å². The van der Waals surface area contributed by atoms with Crippen molar-refractivity contribution in [1.29, 1.82) is 0 Å². The smallest absolute Gasteiger partial charge is 0.305 e. The quantitative estimate of drug-likeness (QED) is 0.218. The van der Waals surface area contributed by atoms with Crippen LogP contribution in [-0.4, -0.2) is 30.5 Å². The second-order valence-corrected chi connectivity index (χ2v) is 15.5. The van der Waals surface area contributed by atoms with Gasteiger partial charge in [0.2, 0.25) is 0 Å². The van der Waals surface area contributed by atoms with Gasteiger partial charge in [-0.2, -0.15) is 0 Å². The standard InChI is InChI=1S/C22H26O2.C12H16O2.C4H10.C3H7Cl.2C2H6/c1-20-7-4-14-10-15(23)5-8-21(14)11-13(19(20)21)12-22-9-6-17(24)16(22)2-3-18(20)22;1-10-6-8-11(9-7-10)4-3-5-12(13)14-2;1-3-4-2;1-2-3-4;2*1-2/h5,8,10,13,16,18-19H,2-4,6-7,9,11-12H2,1H3;6-9H,3-5H2,1-2H3;3-4H2,1-2H3;2-3H2,1H3;2*1-2H3. The van der Waals surface area contributed by atoms with Crippen molar-refractivity contribution in [2.24, 2.45) is 39.9 Å². The molecule has 0 aliphatic heterocycles. The first-order chi connectivity index (χ1) is 24.0. The lowest BCUT2D eigenvalue weighted by Gasteiger charge is -2.72. The molecule has 1 aromatic carbocycles. The summed E-state index contributed by atoms with van der Waals surface area (Å²) < 4.78 is 4.57. The first kappa shape index (κ1) is 44.0. The summed E-state index contributed by atoms with van der Waals surface area (Å²) in [6.07, 6.45) is 21.4. The molecule has 50 heavy (non-hydrogen) atoms. The number of methoxy groups -OCH3 is 1. The number of aryl methyl sites for hydroxylation is 2. The van der Waals surface area contributed by atoms with Gasteiger partial charge in [-0.15, -0.1) is 11.6 Å². The molecule has 2 spiro atoms. The molecule has 6 aliphatic rings. The lowest BCUT2D eigenvalue weighted by atomic mass is 9.31. The molecule has 5 saturated carbocycles. The molecule has 0 N–H and O–H groups in total. The predicted molar refractivity (Wildman–Crippen MR) is 212 cm³/mol. The van der Waals surface area contributed by atoms with Crippen molar-refractivity contribution in [3.63, 3.8) is 0 Å². The number of alkyl halides is 1. The number of allylic oxidation sites excluding steroid dienone is 4. The van der Waals surface area contributed by atoms with E-state index in [4.69, 9.17) is 11.6 Å². The molecule has 5 heteroatoms. The number of benzene rings is 1. The Labute approximate surface area is 311 Å². The summed E-state index contributed by atoms with van der Waals surface area (Å²) in [6, 6.07) is 8.39. The molecule has 7 atom stereocenters. The number of halogens is 1. The molecule has 6 aliphatic carbocycles. The van der Waals surface area contributed by atoms with Crippen LogP contribution in [0.25, 0.3) is 0 Å². The number of rotatable bonds is 6. The maximum atomic E-state index is 12.5. The van der Waals surface area contributed by atoms with Gasteiger partial charge >= 0.3 is 5.97 Å². The first-order valence-corrected chi connectivity index (χ1v) is 20.7. The average molecular weight is 712 g/mol. The highest BCUT2D eigenvalue weighted by Gasteiger charge is 2.74. The van der Waals surface area contributed by atoms with E-state index >= 15 is 0 Å². The van der Waals surface area contributed by atoms with E-state index in [2.05, 4.69) is 62.8 Å². The number of esters is 1. The largest absolute Gasteiger partial charge is 0.469 e. The summed E-state index contributed by atoms with van der Waals surface area (Å²) in [5, 5.41) is 0. The van der Waals surface area contributed by atoms with Gasteiger partial charge in [-0.05, 0) is 117 Å². The minimum Gasteiger partial charge on any atom is -0.469 e. The highest BCUT2D eigenvalue weighted by atomic mass is 35.5. The van der Waals surface area contributed by atoms with Crippen molar-refractivity contribution in [2.45, 2.75) is 152 Å². The topological polar surface area (TPSA) is 60.4 Å². The summed E-state index contributed by atoms with van der Waals surface area (Å²) in [5.41, 5.74) is 4.91. The summed E-state index contributed by atoms with van der Waals surface area (Å²) >= 11 is 5.19. The van der Waals surface area contributed by atoms with E-state index in [0.29, 0.717) is 29.0 Å². The molecule has 1 aromatic rings. The van der Waals surface area contributed by atoms with Crippen molar-refractivity contribution in [3.05, 3.63) is 59.2 Å². The van der Waals surface area contributed by atoms with E-state index in [9.17, 15) is 14.4 Å². The lowest BCUT2D eigenvalue weighted by molar-refractivity contribution is -0.201. The molecule has 0 aromatic heterocycles. The molecule has 0 bridgehead atoms. The van der Waals surface area contributed by atoms with Crippen LogP contribution in [0.1, 0.15) is 150 Å². The Hall–Kier alpha value is -2.20. The summed E-state index contributed by atoms with van der Waals surface area (Å²) in [5.74, 6) is 4.06. The predicted octanol–water partition coefficient (Wildman–Crippen LogP) is 12.2. The Morgan fingerprint density at radius 3 is 2.14 bits per heavy atom. The zero-order valence-corrected chi connectivity index (χ0v) is 34.2. The van der Waals surface area contributed by atoms with Gasteiger partial charge in [0.15, 0.2) is 5.78 Å². The second kappa shape index (κ2) is 20.7. The molecule has 0 heterocycles. The van der Waals surface area contributed by atoms with Crippen molar-refractivity contribution in [1.82, 2.24) is 0 Å². The van der Waals surface area contributed by atoms with E-state index in [1.807, 2.05) is 46.8 Å². The highest BCUT2D eigenvalue weighted by molar-refractivity contribution is 6.17. The lowest BCUT2D eigenvalue weighted by Crippen LogP contribution is -2.66. The molecule has 4 nitrogen and oxygen atoms in total. The molecular formula is C45H71ClO4. The second-order valence-electron chi connectivity index (χ2n) is 15.1. The summed E-state index contributed by atoms with van der Waals surface area (Å²) in [6.45, 7) is 19.0. The van der Waals surface area contributed by atoms with Crippen LogP contribution in [0.3, 0.4) is 0 Å². The van der Waals surface area contributed by atoms with E-state index in [-0.39, 0.29) is 17.2 Å². The van der Waals surface area contributed by atoms with Gasteiger partial charge in [0.05, 0.1) is 7.11 Å². The molecule has 7 rings (SSSR count). The van der Waals surface area contributed by atoms with E-state index in [1.165, 1.54) is 68.8 Å². The number of carbonyl (C=O) groups excluding carboxylic acids is 3. The molecule has 5 fully saturated rings. The van der Waals surface area contributed by atoms with Gasteiger partial charge in [0, 0.05) is 30.1 Å².